The molecule has 0 aromatic carbocycles. The Kier molecular flexibility index (Phi) is 5.83. The maximum atomic E-state index is 12.4. The number of carbonyl (C=O) groups excluding carboxylic acids is 1. The Balaban J connectivity index is 1.57. The largest absolute Gasteiger partial charge is 0.469 e. The standard InChI is InChI=1S/C18H26N4O2S/c1-12-15(9-10-24-12)16-20-21-18(22(16)3)25-13(2)17(23)19-11-14-7-5-4-6-8-14/h9-10,13-14H,4-8,11H2,1-3H3,(H,19,23)/t13-/m1/s1. The first-order chi connectivity index (χ1) is 12.1. The van der Waals surface area contributed by atoms with Gasteiger partial charge in [0, 0.05) is 13.6 Å². The van der Waals surface area contributed by atoms with E-state index in [1.54, 1.807) is 6.26 Å². The highest BCUT2D eigenvalue weighted by Crippen LogP contribution is 2.28. The fourth-order valence-corrected chi connectivity index (χ4v) is 4.10. The number of nitrogens with one attached hydrogen (secondary N) is 1. The molecule has 0 aliphatic heterocycles. The van der Waals surface area contributed by atoms with E-state index in [1.807, 2.05) is 31.5 Å². The Morgan fingerprint density at radius 3 is 2.84 bits per heavy atom. The molecule has 136 valence electrons. The van der Waals surface area contributed by atoms with Crippen molar-refractivity contribution in [1.82, 2.24) is 20.1 Å². The first kappa shape index (κ1) is 18.0. The lowest BCUT2D eigenvalue weighted by Gasteiger charge is -2.22. The summed E-state index contributed by atoms with van der Waals surface area (Å²) in [4.78, 5) is 12.4. The number of carbonyl (C=O) groups is 1. The molecule has 1 saturated carbocycles. The predicted molar refractivity (Wildman–Crippen MR) is 98.3 cm³/mol. The molecule has 3 rings (SSSR count). The second-order valence-corrected chi connectivity index (χ2v) is 8.07. The third kappa shape index (κ3) is 4.26. The van der Waals surface area contributed by atoms with Crippen LogP contribution in [0, 0.1) is 12.8 Å². The van der Waals surface area contributed by atoms with Gasteiger partial charge in [-0.15, -0.1) is 10.2 Å². The van der Waals surface area contributed by atoms with Crippen LogP contribution in [-0.2, 0) is 11.8 Å². The molecule has 0 radical (unpaired) electrons. The number of aromatic nitrogens is 3. The summed E-state index contributed by atoms with van der Waals surface area (Å²) >= 11 is 1.44. The Labute approximate surface area is 152 Å². The number of hydrogen-bond acceptors (Lipinski definition) is 5. The number of furan rings is 1. The number of rotatable bonds is 6. The normalized spacial score (nSPS) is 16.8. The highest BCUT2D eigenvalue weighted by molar-refractivity contribution is 8.00. The lowest BCUT2D eigenvalue weighted by molar-refractivity contribution is -0.120. The van der Waals surface area contributed by atoms with Crippen LogP contribution >= 0.6 is 11.8 Å². The number of aryl methyl sites for hydroxylation is 1. The van der Waals surface area contributed by atoms with Gasteiger partial charge in [0.1, 0.15) is 5.76 Å². The minimum atomic E-state index is -0.204. The summed E-state index contributed by atoms with van der Waals surface area (Å²) in [6, 6.07) is 1.88. The summed E-state index contributed by atoms with van der Waals surface area (Å²) in [6.45, 7) is 4.61. The summed E-state index contributed by atoms with van der Waals surface area (Å²) in [5.74, 6) is 2.27. The van der Waals surface area contributed by atoms with Crippen LogP contribution in [0.25, 0.3) is 11.4 Å². The zero-order chi connectivity index (χ0) is 17.8. The minimum absolute atomic E-state index is 0.0691. The van der Waals surface area contributed by atoms with Crippen molar-refractivity contribution in [2.24, 2.45) is 13.0 Å². The van der Waals surface area contributed by atoms with E-state index in [2.05, 4.69) is 15.5 Å². The Bertz CT molecular complexity index is 718. The van der Waals surface area contributed by atoms with Gasteiger partial charge in [-0.05, 0) is 38.7 Å². The second-order valence-electron chi connectivity index (χ2n) is 6.76. The van der Waals surface area contributed by atoms with Crippen molar-refractivity contribution in [2.45, 2.75) is 56.4 Å². The molecule has 6 nitrogen and oxygen atoms in total. The van der Waals surface area contributed by atoms with Gasteiger partial charge in [0.2, 0.25) is 5.91 Å². The van der Waals surface area contributed by atoms with E-state index in [0.29, 0.717) is 5.92 Å². The maximum Gasteiger partial charge on any atom is 0.233 e. The molecule has 0 unspecified atom stereocenters. The van der Waals surface area contributed by atoms with Gasteiger partial charge in [0.15, 0.2) is 11.0 Å². The molecule has 2 aromatic rings. The highest BCUT2D eigenvalue weighted by Gasteiger charge is 2.21. The molecule has 25 heavy (non-hydrogen) atoms. The average molecular weight is 362 g/mol. The SMILES string of the molecule is Cc1occc1-c1nnc(S[C@H](C)C(=O)NCC2CCCCC2)n1C. The number of amides is 1. The van der Waals surface area contributed by atoms with Crippen molar-refractivity contribution < 1.29 is 9.21 Å². The van der Waals surface area contributed by atoms with Gasteiger partial charge in [-0.25, -0.2) is 0 Å². The van der Waals surface area contributed by atoms with Crippen LogP contribution in [-0.4, -0.2) is 32.5 Å². The summed E-state index contributed by atoms with van der Waals surface area (Å²) in [6.07, 6.45) is 8.03. The third-order valence-electron chi connectivity index (χ3n) is 4.88. The zero-order valence-electron chi connectivity index (χ0n) is 15.1. The lowest BCUT2D eigenvalue weighted by Crippen LogP contribution is -2.35. The van der Waals surface area contributed by atoms with E-state index >= 15 is 0 Å². The Morgan fingerprint density at radius 2 is 2.16 bits per heavy atom. The number of thioether (sulfide) groups is 1. The van der Waals surface area contributed by atoms with E-state index in [9.17, 15) is 4.79 Å². The van der Waals surface area contributed by atoms with Crippen LogP contribution in [0.3, 0.4) is 0 Å². The molecular formula is C18H26N4O2S. The lowest BCUT2D eigenvalue weighted by atomic mass is 9.89. The van der Waals surface area contributed by atoms with Gasteiger partial charge in [-0.1, -0.05) is 31.0 Å². The predicted octanol–water partition coefficient (Wildman–Crippen LogP) is 3.56. The van der Waals surface area contributed by atoms with E-state index in [-0.39, 0.29) is 11.2 Å². The van der Waals surface area contributed by atoms with Crippen molar-refractivity contribution in [3.8, 4) is 11.4 Å². The molecule has 1 aliphatic rings. The van der Waals surface area contributed by atoms with Crippen molar-refractivity contribution in [3.05, 3.63) is 18.1 Å². The first-order valence-corrected chi connectivity index (χ1v) is 9.82. The van der Waals surface area contributed by atoms with Crippen LogP contribution in [0.1, 0.15) is 44.8 Å². The van der Waals surface area contributed by atoms with Gasteiger partial charge in [-0.2, -0.15) is 0 Å². The molecule has 1 aliphatic carbocycles. The summed E-state index contributed by atoms with van der Waals surface area (Å²) < 4.78 is 7.25. The van der Waals surface area contributed by atoms with Crippen LogP contribution in [0.2, 0.25) is 0 Å². The maximum absolute atomic E-state index is 12.4. The molecule has 1 amide bonds. The number of nitrogens with zero attached hydrogens (tertiary/aromatic N) is 3. The topological polar surface area (TPSA) is 72.9 Å². The van der Waals surface area contributed by atoms with Crippen molar-refractivity contribution in [1.29, 1.82) is 0 Å². The molecule has 1 fully saturated rings. The van der Waals surface area contributed by atoms with E-state index < -0.39 is 0 Å². The molecule has 7 heteroatoms. The van der Waals surface area contributed by atoms with Gasteiger partial charge in [-0.3, -0.25) is 4.79 Å². The molecule has 0 saturated heterocycles. The molecular weight excluding hydrogens is 336 g/mol. The molecule has 0 bridgehead atoms. The molecule has 2 heterocycles. The van der Waals surface area contributed by atoms with Crippen LogP contribution in [0.4, 0.5) is 0 Å². The average Bonchev–Trinajstić information content (AvgIpc) is 3.19. The first-order valence-electron chi connectivity index (χ1n) is 8.94. The van der Waals surface area contributed by atoms with Crippen LogP contribution in [0.15, 0.2) is 21.9 Å². The molecule has 1 atom stereocenters. The zero-order valence-corrected chi connectivity index (χ0v) is 15.9. The monoisotopic (exact) mass is 362 g/mol. The number of hydrogen-bond donors (Lipinski definition) is 1. The van der Waals surface area contributed by atoms with Crippen LogP contribution < -0.4 is 5.32 Å². The van der Waals surface area contributed by atoms with E-state index in [0.717, 1.165) is 28.8 Å². The van der Waals surface area contributed by atoms with E-state index in [1.165, 1.54) is 43.9 Å². The quantitative estimate of drug-likeness (QED) is 0.796. The van der Waals surface area contributed by atoms with E-state index in [4.69, 9.17) is 4.42 Å². The fourth-order valence-electron chi connectivity index (χ4n) is 3.26. The van der Waals surface area contributed by atoms with Crippen molar-refractivity contribution in [2.75, 3.05) is 6.54 Å². The Hall–Kier alpha value is -1.76. The molecule has 2 aromatic heterocycles. The second kappa shape index (κ2) is 8.08. The molecule has 0 spiro atoms. The van der Waals surface area contributed by atoms with Crippen LogP contribution in [0.5, 0.6) is 0 Å². The summed E-state index contributed by atoms with van der Waals surface area (Å²) in [7, 11) is 1.91. The van der Waals surface area contributed by atoms with Gasteiger partial charge in [0.05, 0.1) is 17.1 Å². The van der Waals surface area contributed by atoms with Crippen molar-refractivity contribution in [3.63, 3.8) is 0 Å². The Morgan fingerprint density at radius 1 is 1.40 bits per heavy atom. The highest BCUT2D eigenvalue weighted by atomic mass is 32.2. The minimum Gasteiger partial charge on any atom is -0.469 e. The molecule has 1 N–H and O–H groups in total. The van der Waals surface area contributed by atoms with Gasteiger partial charge >= 0.3 is 0 Å². The van der Waals surface area contributed by atoms with Crippen molar-refractivity contribution >= 4 is 17.7 Å². The van der Waals surface area contributed by atoms with Gasteiger partial charge < -0.3 is 14.3 Å². The fraction of sp³-hybridized carbons (Fsp3) is 0.611. The summed E-state index contributed by atoms with van der Waals surface area (Å²) in [5, 5.41) is 12.1. The summed E-state index contributed by atoms with van der Waals surface area (Å²) in [5.41, 5.74) is 0.927. The van der Waals surface area contributed by atoms with Gasteiger partial charge in [0.25, 0.3) is 0 Å². The third-order valence-corrected chi connectivity index (χ3v) is 6.01. The smallest absolute Gasteiger partial charge is 0.233 e.